The number of benzene rings is 1. The van der Waals surface area contributed by atoms with E-state index in [1.54, 1.807) is 0 Å². The van der Waals surface area contributed by atoms with Gasteiger partial charge in [0.05, 0.1) is 6.54 Å². The fraction of sp³-hybridized carbons (Fsp3) is 0.500. The van der Waals surface area contributed by atoms with Crippen molar-refractivity contribution < 1.29 is 0 Å². The summed E-state index contributed by atoms with van der Waals surface area (Å²) >= 11 is 0. The number of aliphatic imine (C=N–C) groups is 1. The Morgan fingerprint density at radius 1 is 1.28 bits per heavy atom. The van der Waals surface area contributed by atoms with Gasteiger partial charge in [-0.2, -0.15) is 0 Å². The molecule has 3 N–H and O–H groups in total. The van der Waals surface area contributed by atoms with Crippen LogP contribution in [0.5, 0.6) is 0 Å². The second kappa shape index (κ2) is 6.28. The first kappa shape index (κ1) is 14.4. The van der Waals surface area contributed by atoms with Crippen molar-refractivity contribution in [3.63, 3.8) is 0 Å². The van der Waals surface area contributed by atoms with Crippen LogP contribution in [0.25, 0.3) is 0 Å². The second-order valence-corrected chi connectivity index (χ2v) is 5.40. The van der Waals surface area contributed by atoms with Gasteiger partial charge < -0.3 is 16.0 Å². The Kier molecular flexibility index (Phi) is 5.01. The predicted octanol–water partition coefficient (Wildman–Crippen LogP) is 1.83. The van der Waals surface area contributed by atoms with Crippen molar-refractivity contribution in [2.45, 2.75) is 26.3 Å². The number of anilines is 1. The maximum Gasteiger partial charge on any atom is 0.189 e. The quantitative estimate of drug-likeness (QED) is 0.631. The molecule has 0 aliphatic carbocycles. The van der Waals surface area contributed by atoms with E-state index in [-0.39, 0.29) is 5.54 Å². The highest BCUT2D eigenvalue weighted by atomic mass is 15.2. The molecule has 0 saturated carbocycles. The SMILES string of the molecule is CN(CCN=C(N)NC(C)(C)C)c1ccccc1. The minimum absolute atomic E-state index is 0.0427. The van der Waals surface area contributed by atoms with E-state index in [4.69, 9.17) is 5.73 Å². The molecule has 0 aliphatic rings. The molecule has 0 bridgehead atoms. The third-order valence-electron chi connectivity index (χ3n) is 2.42. The minimum atomic E-state index is -0.0427. The van der Waals surface area contributed by atoms with Gasteiger partial charge in [0.25, 0.3) is 0 Å². The van der Waals surface area contributed by atoms with Crippen LogP contribution in [0.15, 0.2) is 35.3 Å². The number of nitrogens with one attached hydrogen (secondary N) is 1. The molecule has 4 nitrogen and oxygen atoms in total. The van der Waals surface area contributed by atoms with Crippen LogP contribution in [-0.4, -0.2) is 31.6 Å². The lowest BCUT2D eigenvalue weighted by atomic mass is 10.1. The Morgan fingerprint density at radius 2 is 1.89 bits per heavy atom. The predicted molar refractivity (Wildman–Crippen MR) is 79.1 cm³/mol. The largest absolute Gasteiger partial charge is 0.373 e. The molecule has 1 rings (SSSR count). The molecule has 4 heteroatoms. The molecule has 0 aromatic heterocycles. The zero-order valence-electron chi connectivity index (χ0n) is 11.8. The normalized spacial score (nSPS) is 12.3. The molecule has 0 radical (unpaired) electrons. The van der Waals surface area contributed by atoms with Gasteiger partial charge in [0.1, 0.15) is 0 Å². The Morgan fingerprint density at radius 3 is 2.44 bits per heavy atom. The molecule has 18 heavy (non-hydrogen) atoms. The molecule has 1 aromatic carbocycles. The molecular formula is C14H24N4. The molecule has 0 atom stereocenters. The molecule has 100 valence electrons. The topological polar surface area (TPSA) is 53.6 Å². The summed E-state index contributed by atoms with van der Waals surface area (Å²) in [5, 5.41) is 3.14. The van der Waals surface area contributed by atoms with E-state index in [9.17, 15) is 0 Å². The molecule has 0 heterocycles. The van der Waals surface area contributed by atoms with Crippen molar-refractivity contribution in [2.75, 3.05) is 25.0 Å². The van der Waals surface area contributed by atoms with Crippen LogP contribution in [0.1, 0.15) is 20.8 Å². The maximum absolute atomic E-state index is 5.81. The Labute approximate surface area is 110 Å². The van der Waals surface area contributed by atoms with Gasteiger partial charge in [0.2, 0.25) is 0 Å². The summed E-state index contributed by atoms with van der Waals surface area (Å²) in [5.41, 5.74) is 6.95. The standard InChI is InChI=1S/C14H24N4/c1-14(2,3)17-13(15)16-10-11-18(4)12-8-6-5-7-9-12/h5-9H,10-11H2,1-4H3,(H3,15,16,17). The highest BCUT2D eigenvalue weighted by molar-refractivity contribution is 5.78. The fourth-order valence-electron chi connectivity index (χ4n) is 1.56. The van der Waals surface area contributed by atoms with E-state index in [0.29, 0.717) is 12.5 Å². The third-order valence-corrected chi connectivity index (χ3v) is 2.42. The van der Waals surface area contributed by atoms with Gasteiger partial charge in [-0.1, -0.05) is 18.2 Å². The smallest absolute Gasteiger partial charge is 0.189 e. The minimum Gasteiger partial charge on any atom is -0.373 e. The van der Waals surface area contributed by atoms with E-state index in [0.717, 1.165) is 6.54 Å². The summed E-state index contributed by atoms with van der Waals surface area (Å²) in [4.78, 5) is 6.48. The second-order valence-electron chi connectivity index (χ2n) is 5.40. The van der Waals surface area contributed by atoms with E-state index in [2.05, 4.69) is 55.2 Å². The number of guanidine groups is 1. The summed E-state index contributed by atoms with van der Waals surface area (Å²) < 4.78 is 0. The zero-order chi connectivity index (χ0) is 13.6. The van der Waals surface area contributed by atoms with Crippen LogP contribution in [0.3, 0.4) is 0 Å². The Balaban J connectivity index is 2.40. The molecule has 0 fully saturated rings. The van der Waals surface area contributed by atoms with Crippen molar-refractivity contribution in [3.8, 4) is 0 Å². The van der Waals surface area contributed by atoms with Gasteiger partial charge in [0.15, 0.2) is 5.96 Å². The van der Waals surface area contributed by atoms with Crippen LogP contribution in [0.2, 0.25) is 0 Å². The van der Waals surface area contributed by atoms with E-state index in [1.807, 2.05) is 18.2 Å². The van der Waals surface area contributed by atoms with Gasteiger partial charge in [-0.15, -0.1) is 0 Å². The first-order valence-corrected chi connectivity index (χ1v) is 6.23. The molecule has 0 saturated heterocycles. The summed E-state index contributed by atoms with van der Waals surface area (Å²) in [7, 11) is 2.05. The van der Waals surface area contributed by atoms with Gasteiger partial charge in [0, 0.05) is 24.8 Å². The summed E-state index contributed by atoms with van der Waals surface area (Å²) in [6.07, 6.45) is 0. The summed E-state index contributed by atoms with van der Waals surface area (Å²) in [6.45, 7) is 7.71. The number of para-hydroxylation sites is 1. The summed E-state index contributed by atoms with van der Waals surface area (Å²) in [6, 6.07) is 10.2. The van der Waals surface area contributed by atoms with Crippen molar-refractivity contribution >= 4 is 11.6 Å². The van der Waals surface area contributed by atoms with Crippen LogP contribution < -0.4 is 16.0 Å². The number of rotatable bonds is 4. The molecule has 0 amide bonds. The van der Waals surface area contributed by atoms with Crippen molar-refractivity contribution in [3.05, 3.63) is 30.3 Å². The molecule has 0 unspecified atom stereocenters. The average molecular weight is 248 g/mol. The number of hydrogen-bond donors (Lipinski definition) is 2. The maximum atomic E-state index is 5.81. The molecular weight excluding hydrogens is 224 g/mol. The first-order chi connectivity index (χ1) is 8.38. The lowest BCUT2D eigenvalue weighted by Crippen LogP contribution is -2.45. The first-order valence-electron chi connectivity index (χ1n) is 6.23. The van der Waals surface area contributed by atoms with Gasteiger partial charge in [-0.05, 0) is 32.9 Å². The monoisotopic (exact) mass is 248 g/mol. The van der Waals surface area contributed by atoms with Crippen LogP contribution in [0, 0.1) is 0 Å². The summed E-state index contributed by atoms with van der Waals surface area (Å²) in [5.74, 6) is 0.504. The lowest BCUT2D eigenvalue weighted by molar-refractivity contribution is 0.508. The Bertz CT molecular complexity index is 379. The fourth-order valence-corrected chi connectivity index (χ4v) is 1.56. The number of hydrogen-bond acceptors (Lipinski definition) is 2. The lowest BCUT2D eigenvalue weighted by Gasteiger charge is -2.22. The number of nitrogens with two attached hydrogens (primary N) is 1. The molecule has 0 spiro atoms. The van der Waals surface area contributed by atoms with Crippen LogP contribution in [-0.2, 0) is 0 Å². The Hall–Kier alpha value is -1.71. The van der Waals surface area contributed by atoms with E-state index >= 15 is 0 Å². The molecule has 0 aliphatic heterocycles. The van der Waals surface area contributed by atoms with Crippen molar-refractivity contribution in [1.29, 1.82) is 0 Å². The van der Waals surface area contributed by atoms with Crippen molar-refractivity contribution in [1.82, 2.24) is 5.32 Å². The number of nitrogens with zero attached hydrogens (tertiary/aromatic N) is 2. The van der Waals surface area contributed by atoms with Crippen molar-refractivity contribution in [2.24, 2.45) is 10.7 Å². The molecule has 1 aromatic rings. The van der Waals surface area contributed by atoms with Crippen LogP contribution >= 0.6 is 0 Å². The zero-order valence-corrected chi connectivity index (χ0v) is 11.8. The third kappa shape index (κ3) is 5.57. The highest BCUT2D eigenvalue weighted by Gasteiger charge is 2.09. The van der Waals surface area contributed by atoms with E-state index in [1.165, 1.54) is 5.69 Å². The number of likely N-dealkylation sites (N-methyl/N-ethyl adjacent to an activating group) is 1. The van der Waals surface area contributed by atoms with Crippen LogP contribution in [0.4, 0.5) is 5.69 Å². The van der Waals surface area contributed by atoms with Gasteiger partial charge >= 0.3 is 0 Å². The average Bonchev–Trinajstić information content (AvgIpc) is 2.27. The van der Waals surface area contributed by atoms with E-state index < -0.39 is 0 Å². The highest BCUT2D eigenvalue weighted by Crippen LogP contribution is 2.09. The van der Waals surface area contributed by atoms with Gasteiger partial charge in [-0.3, -0.25) is 4.99 Å². The van der Waals surface area contributed by atoms with Gasteiger partial charge in [-0.25, -0.2) is 0 Å².